The molecule has 2 heterocycles. The van der Waals surface area contributed by atoms with Crippen molar-refractivity contribution in [2.45, 2.75) is 19.5 Å². The minimum atomic E-state index is 0.748. The van der Waals surface area contributed by atoms with Gasteiger partial charge >= 0.3 is 0 Å². The van der Waals surface area contributed by atoms with Crippen LogP contribution >= 0.6 is 23.4 Å². The van der Waals surface area contributed by atoms with Gasteiger partial charge in [-0.15, -0.1) is 0 Å². The molecule has 0 radical (unpaired) electrons. The fourth-order valence-electron chi connectivity index (χ4n) is 2.35. The first-order valence-corrected chi connectivity index (χ1v) is 8.75. The Morgan fingerprint density at radius 3 is 2.68 bits per heavy atom. The van der Waals surface area contributed by atoms with Gasteiger partial charge in [0.25, 0.3) is 0 Å². The number of hydrogen-bond acceptors (Lipinski definition) is 4. The summed E-state index contributed by atoms with van der Waals surface area (Å²) >= 11 is 8.14. The smallest absolute Gasteiger partial charge is 0.159 e. The van der Waals surface area contributed by atoms with Crippen LogP contribution in [0.4, 0.5) is 0 Å². The molecule has 5 heteroatoms. The second-order valence-corrected chi connectivity index (χ2v) is 6.60. The van der Waals surface area contributed by atoms with Gasteiger partial charge in [0.2, 0.25) is 0 Å². The Morgan fingerprint density at radius 2 is 1.95 bits per heavy atom. The first-order valence-electron chi connectivity index (χ1n) is 7.38. The third kappa shape index (κ3) is 4.02. The van der Waals surface area contributed by atoms with E-state index in [2.05, 4.69) is 20.9 Å². The van der Waals surface area contributed by atoms with Gasteiger partial charge in [0, 0.05) is 30.1 Å². The SMILES string of the molecule is Clc1ccccc1CN(Cc1ccccn1)C1=NCCCS1. The Kier molecular flexibility index (Phi) is 5.35. The van der Waals surface area contributed by atoms with Gasteiger partial charge in [0.15, 0.2) is 5.17 Å². The van der Waals surface area contributed by atoms with Gasteiger partial charge in [-0.05, 0) is 30.2 Å². The minimum absolute atomic E-state index is 0.748. The second kappa shape index (κ2) is 7.65. The number of amidine groups is 1. The third-order valence-electron chi connectivity index (χ3n) is 3.45. The van der Waals surface area contributed by atoms with E-state index < -0.39 is 0 Å². The molecule has 1 aromatic heterocycles. The lowest BCUT2D eigenvalue weighted by molar-refractivity contribution is 0.407. The summed E-state index contributed by atoms with van der Waals surface area (Å²) < 4.78 is 0. The molecule has 2 aromatic rings. The van der Waals surface area contributed by atoms with Crippen LogP contribution in [0.5, 0.6) is 0 Å². The minimum Gasteiger partial charge on any atom is -0.341 e. The van der Waals surface area contributed by atoms with Gasteiger partial charge in [-0.1, -0.05) is 47.6 Å². The molecule has 0 bridgehead atoms. The van der Waals surface area contributed by atoms with Crippen molar-refractivity contribution >= 4 is 28.5 Å². The number of aromatic nitrogens is 1. The molecule has 0 saturated carbocycles. The van der Waals surface area contributed by atoms with E-state index in [4.69, 9.17) is 11.6 Å². The number of pyridine rings is 1. The van der Waals surface area contributed by atoms with Crippen LogP contribution in [0, 0.1) is 0 Å². The molecule has 0 spiro atoms. The highest BCUT2D eigenvalue weighted by atomic mass is 35.5. The highest BCUT2D eigenvalue weighted by Crippen LogP contribution is 2.23. The maximum absolute atomic E-state index is 6.32. The fraction of sp³-hybridized carbons (Fsp3) is 0.294. The highest BCUT2D eigenvalue weighted by Gasteiger charge is 2.17. The van der Waals surface area contributed by atoms with Crippen molar-refractivity contribution in [1.82, 2.24) is 9.88 Å². The lowest BCUT2D eigenvalue weighted by atomic mass is 10.2. The Bertz CT molecular complexity index is 645. The number of thioether (sulfide) groups is 1. The maximum Gasteiger partial charge on any atom is 0.159 e. The van der Waals surface area contributed by atoms with Crippen molar-refractivity contribution in [3.63, 3.8) is 0 Å². The van der Waals surface area contributed by atoms with E-state index >= 15 is 0 Å². The molecule has 0 unspecified atom stereocenters. The van der Waals surface area contributed by atoms with Crippen molar-refractivity contribution in [2.75, 3.05) is 12.3 Å². The summed E-state index contributed by atoms with van der Waals surface area (Å²) in [5, 5.41) is 1.90. The van der Waals surface area contributed by atoms with Crippen molar-refractivity contribution in [3.8, 4) is 0 Å². The van der Waals surface area contributed by atoms with Crippen molar-refractivity contribution in [1.29, 1.82) is 0 Å². The number of rotatable bonds is 4. The molecular weight excluding hydrogens is 314 g/mol. The zero-order chi connectivity index (χ0) is 15.2. The maximum atomic E-state index is 6.32. The molecule has 1 aliphatic heterocycles. The summed E-state index contributed by atoms with van der Waals surface area (Å²) in [6.07, 6.45) is 2.98. The Balaban J connectivity index is 1.82. The molecule has 114 valence electrons. The van der Waals surface area contributed by atoms with Crippen LogP contribution in [0.2, 0.25) is 5.02 Å². The van der Waals surface area contributed by atoms with Gasteiger partial charge in [0.05, 0.1) is 12.2 Å². The molecule has 0 saturated heterocycles. The number of nitrogens with zero attached hydrogens (tertiary/aromatic N) is 3. The lowest BCUT2D eigenvalue weighted by Gasteiger charge is -2.27. The summed E-state index contributed by atoms with van der Waals surface area (Å²) in [6, 6.07) is 14.0. The lowest BCUT2D eigenvalue weighted by Crippen LogP contribution is -2.30. The van der Waals surface area contributed by atoms with Crippen molar-refractivity contribution < 1.29 is 0 Å². The highest BCUT2D eigenvalue weighted by molar-refractivity contribution is 8.13. The van der Waals surface area contributed by atoms with Gasteiger partial charge in [-0.2, -0.15) is 0 Å². The Hall–Kier alpha value is -1.52. The molecule has 1 aromatic carbocycles. The van der Waals surface area contributed by atoms with Crippen LogP contribution in [-0.4, -0.2) is 27.3 Å². The first-order chi connectivity index (χ1) is 10.8. The second-order valence-electron chi connectivity index (χ2n) is 5.13. The van der Waals surface area contributed by atoms with Crippen LogP contribution in [0.1, 0.15) is 17.7 Å². The van der Waals surface area contributed by atoms with E-state index in [0.29, 0.717) is 0 Å². The van der Waals surface area contributed by atoms with E-state index in [1.165, 1.54) is 0 Å². The zero-order valence-electron chi connectivity index (χ0n) is 12.3. The van der Waals surface area contributed by atoms with E-state index in [1.54, 1.807) is 0 Å². The topological polar surface area (TPSA) is 28.5 Å². The van der Waals surface area contributed by atoms with E-state index in [-0.39, 0.29) is 0 Å². The Labute approximate surface area is 140 Å². The molecule has 22 heavy (non-hydrogen) atoms. The van der Waals surface area contributed by atoms with E-state index in [0.717, 1.165) is 53.3 Å². The Morgan fingerprint density at radius 1 is 1.09 bits per heavy atom. The molecular formula is C17H18ClN3S. The van der Waals surface area contributed by atoms with Gasteiger partial charge in [0.1, 0.15) is 0 Å². The summed E-state index contributed by atoms with van der Waals surface area (Å²) in [4.78, 5) is 11.4. The number of aliphatic imine (C=N–C) groups is 1. The molecule has 0 fully saturated rings. The van der Waals surface area contributed by atoms with Gasteiger partial charge < -0.3 is 4.90 Å². The number of halogens is 1. The summed E-state index contributed by atoms with van der Waals surface area (Å²) in [5.41, 5.74) is 2.16. The molecule has 3 nitrogen and oxygen atoms in total. The zero-order valence-corrected chi connectivity index (χ0v) is 13.9. The predicted octanol–water partition coefficient (Wildman–Crippen LogP) is 4.23. The molecule has 0 amide bonds. The molecule has 1 aliphatic rings. The fourth-order valence-corrected chi connectivity index (χ4v) is 3.50. The van der Waals surface area contributed by atoms with E-state index in [9.17, 15) is 0 Å². The predicted molar refractivity (Wildman–Crippen MR) is 94.3 cm³/mol. The van der Waals surface area contributed by atoms with E-state index in [1.807, 2.05) is 54.4 Å². The van der Waals surface area contributed by atoms with Crippen molar-refractivity contribution in [2.24, 2.45) is 4.99 Å². The van der Waals surface area contributed by atoms with Crippen LogP contribution in [0.15, 0.2) is 53.7 Å². The third-order valence-corrected chi connectivity index (χ3v) is 4.96. The average molecular weight is 332 g/mol. The van der Waals surface area contributed by atoms with Crippen LogP contribution in [-0.2, 0) is 13.1 Å². The molecule has 3 rings (SSSR count). The average Bonchev–Trinajstić information content (AvgIpc) is 2.58. The normalized spacial score (nSPS) is 14.5. The van der Waals surface area contributed by atoms with Crippen LogP contribution < -0.4 is 0 Å². The summed E-state index contributed by atoms with van der Waals surface area (Å²) in [6.45, 7) is 2.41. The van der Waals surface area contributed by atoms with Crippen molar-refractivity contribution in [3.05, 3.63) is 64.9 Å². The quantitative estimate of drug-likeness (QED) is 0.839. The van der Waals surface area contributed by atoms with Crippen LogP contribution in [0.25, 0.3) is 0 Å². The molecule has 0 N–H and O–H groups in total. The first kappa shape index (κ1) is 15.4. The number of hydrogen-bond donors (Lipinski definition) is 0. The number of benzene rings is 1. The molecule has 0 atom stereocenters. The standard InChI is InChI=1S/C17H18ClN3S/c18-16-8-2-1-6-14(16)12-21(17-20-10-5-11-22-17)13-15-7-3-4-9-19-15/h1-4,6-9H,5,10-13H2. The molecule has 0 aliphatic carbocycles. The summed E-state index contributed by atoms with van der Waals surface area (Å²) in [7, 11) is 0. The van der Waals surface area contributed by atoms with Crippen LogP contribution in [0.3, 0.4) is 0 Å². The van der Waals surface area contributed by atoms with Gasteiger partial charge in [-0.25, -0.2) is 0 Å². The summed E-state index contributed by atoms with van der Waals surface area (Å²) in [5.74, 6) is 1.13. The van der Waals surface area contributed by atoms with Gasteiger partial charge in [-0.3, -0.25) is 9.98 Å². The monoisotopic (exact) mass is 331 g/mol. The largest absolute Gasteiger partial charge is 0.341 e.